The number of amides is 1. The van der Waals surface area contributed by atoms with Gasteiger partial charge < -0.3 is 5.32 Å². The Bertz CT molecular complexity index is 1400. The first-order chi connectivity index (χ1) is 17.5. The van der Waals surface area contributed by atoms with Crippen LogP contribution in [0, 0.1) is 0 Å². The zero-order valence-electron chi connectivity index (χ0n) is 20.1. The Morgan fingerprint density at radius 3 is 2.35 bits per heavy atom. The van der Waals surface area contributed by atoms with Gasteiger partial charge in [0, 0.05) is 0 Å². The summed E-state index contributed by atoms with van der Waals surface area (Å²) in [6, 6.07) is 15.1. The molecule has 0 heterocycles. The molecule has 0 aliphatic heterocycles. The van der Waals surface area contributed by atoms with Crippen molar-refractivity contribution in [2.45, 2.75) is 49.7 Å². The number of halogens is 4. The van der Waals surface area contributed by atoms with Crippen LogP contribution in [0.1, 0.15) is 48.1 Å². The average molecular weight is 551 g/mol. The molecule has 0 saturated heterocycles. The van der Waals surface area contributed by atoms with Crippen LogP contribution in [0.5, 0.6) is 0 Å². The molecule has 0 unspecified atom stereocenters. The Morgan fingerprint density at radius 1 is 1.00 bits per heavy atom. The summed E-state index contributed by atoms with van der Waals surface area (Å²) < 4.78 is 67.9. The molecule has 1 amide bonds. The molecule has 1 aliphatic rings. The van der Waals surface area contributed by atoms with Crippen LogP contribution < -0.4 is 9.62 Å². The molecular formula is C27H26ClF3N2O3S. The summed E-state index contributed by atoms with van der Waals surface area (Å²) in [7, 11) is -4.43. The lowest BCUT2D eigenvalue weighted by Gasteiger charge is -2.27. The van der Waals surface area contributed by atoms with E-state index in [0.29, 0.717) is 10.4 Å². The second kappa shape index (κ2) is 10.8. The summed E-state index contributed by atoms with van der Waals surface area (Å²) in [5.41, 5.74) is 1.87. The van der Waals surface area contributed by atoms with Crippen molar-refractivity contribution in [2.24, 2.45) is 0 Å². The number of nitrogens with one attached hydrogen (secondary N) is 1. The zero-order valence-corrected chi connectivity index (χ0v) is 21.6. The standard InChI is InChI=1S/C27H26ClF3N2O3S/c1-18(20-12-11-19-7-5-6-8-21(19)15-20)32-26(34)17-33(37(35,36)23-9-3-2-4-10-23)25-16-22(27(29,30)31)13-14-24(25)28/h2-4,9-16,18H,5-8,17H2,1H3,(H,32,34)/t18-/m1/s1. The molecule has 4 rings (SSSR count). The van der Waals surface area contributed by atoms with E-state index in [-0.39, 0.29) is 9.92 Å². The van der Waals surface area contributed by atoms with Crippen molar-refractivity contribution in [1.29, 1.82) is 0 Å². The van der Waals surface area contributed by atoms with Gasteiger partial charge in [0.25, 0.3) is 10.0 Å². The van der Waals surface area contributed by atoms with Crippen molar-refractivity contribution in [3.05, 3.63) is 94.0 Å². The highest BCUT2D eigenvalue weighted by molar-refractivity contribution is 7.92. The highest BCUT2D eigenvalue weighted by atomic mass is 35.5. The first-order valence-corrected chi connectivity index (χ1v) is 13.6. The van der Waals surface area contributed by atoms with Gasteiger partial charge >= 0.3 is 6.18 Å². The van der Waals surface area contributed by atoms with Gasteiger partial charge in [-0.15, -0.1) is 0 Å². The fourth-order valence-electron chi connectivity index (χ4n) is 4.42. The average Bonchev–Trinajstić information content (AvgIpc) is 2.87. The fourth-order valence-corrected chi connectivity index (χ4v) is 6.15. The number of hydrogen-bond acceptors (Lipinski definition) is 3. The number of carbonyl (C=O) groups is 1. The Balaban J connectivity index is 1.65. The van der Waals surface area contributed by atoms with E-state index >= 15 is 0 Å². The summed E-state index contributed by atoms with van der Waals surface area (Å²) >= 11 is 6.18. The fraction of sp³-hybridized carbons (Fsp3) is 0.296. The molecule has 37 heavy (non-hydrogen) atoms. The maximum atomic E-state index is 13.5. The minimum absolute atomic E-state index is 0.181. The molecule has 1 atom stereocenters. The number of aryl methyl sites for hydroxylation is 2. The normalized spacial score (nSPS) is 14.5. The van der Waals surface area contributed by atoms with Crippen LogP contribution in [0.15, 0.2) is 71.6 Å². The minimum Gasteiger partial charge on any atom is -0.348 e. The topological polar surface area (TPSA) is 66.5 Å². The largest absolute Gasteiger partial charge is 0.416 e. The van der Waals surface area contributed by atoms with E-state index in [9.17, 15) is 26.4 Å². The predicted molar refractivity (Wildman–Crippen MR) is 137 cm³/mol. The molecular weight excluding hydrogens is 525 g/mol. The molecule has 1 aliphatic carbocycles. The van der Waals surface area contributed by atoms with Crippen LogP contribution in [-0.4, -0.2) is 20.9 Å². The SMILES string of the molecule is C[C@@H](NC(=O)CN(c1cc(C(F)(F)F)ccc1Cl)S(=O)(=O)c1ccccc1)c1ccc2c(c1)CCCC2. The summed E-state index contributed by atoms with van der Waals surface area (Å²) in [5, 5.41) is 2.55. The zero-order chi connectivity index (χ0) is 26.8. The van der Waals surface area contributed by atoms with Crippen LogP contribution >= 0.6 is 11.6 Å². The highest BCUT2D eigenvalue weighted by Gasteiger charge is 2.34. The summed E-state index contributed by atoms with van der Waals surface area (Å²) in [6.07, 6.45) is -0.518. The van der Waals surface area contributed by atoms with Gasteiger partial charge in [0.05, 0.1) is 27.2 Å². The lowest BCUT2D eigenvalue weighted by atomic mass is 9.89. The number of rotatable bonds is 7. The molecule has 3 aromatic rings. The van der Waals surface area contributed by atoms with Crippen molar-refractivity contribution >= 4 is 33.2 Å². The summed E-state index contributed by atoms with van der Waals surface area (Å²) in [5.74, 6) is -0.682. The monoisotopic (exact) mass is 550 g/mol. The van der Waals surface area contributed by atoms with E-state index in [1.165, 1.54) is 35.4 Å². The van der Waals surface area contributed by atoms with E-state index in [0.717, 1.165) is 43.4 Å². The van der Waals surface area contributed by atoms with E-state index in [2.05, 4.69) is 5.32 Å². The number of anilines is 1. The molecule has 3 aromatic carbocycles. The number of hydrogen-bond donors (Lipinski definition) is 1. The van der Waals surface area contributed by atoms with E-state index in [4.69, 9.17) is 11.6 Å². The van der Waals surface area contributed by atoms with Gasteiger partial charge in [0.2, 0.25) is 5.91 Å². The van der Waals surface area contributed by atoms with Gasteiger partial charge in [-0.2, -0.15) is 13.2 Å². The van der Waals surface area contributed by atoms with Crippen LogP contribution in [0.4, 0.5) is 18.9 Å². The summed E-state index contributed by atoms with van der Waals surface area (Å²) in [6.45, 7) is 1.02. The van der Waals surface area contributed by atoms with Gasteiger partial charge in [-0.1, -0.05) is 48.0 Å². The van der Waals surface area contributed by atoms with Gasteiger partial charge in [0.1, 0.15) is 6.54 Å². The lowest BCUT2D eigenvalue weighted by Crippen LogP contribution is -2.41. The van der Waals surface area contributed by atoms with Crippen molar-refractivity contribution in [3.8, 4) is 0 Å². The highest BCUT2D eigenvalue weighted by Crippen LogP contribution is 2.37. The van der Waals surface area contributed by atoms with Crippen molar-refractivity contribution < 1.29 is 26.4 Å². The molecule has 0 fully saturated rings. The number of benzene rings is 3. The van der Waals surface area contributed by atoms with Crippen LogP contribution in [0.3, 0.4) is 0 Å². The van der Waals surface area contributed by atoms with Crippen LogP contribution in [0.25, 0.3) is 0 Å². The van der Waals surface area contributed by atoms with E-state index in [1.807, 2.05) is 18.2 Å². The maximum Gasteiger partial charge on any atom is 0.416 e. The Kier molecular flexibility index (Phi) is 7.85. The molecule has 5 nitrogen and oxygen atoms in total. The number of carbonyl (C=O) groups excluding carboxylic acids is 1. The quantitative estimate of drug-likeness (QED) is 0.375. The van der Waals surface area contributed by atoms with E-state index < -0.39 is 45.9 Å². The second-order valence-corrected chi connectivity index (χ2v) is 11.3. The second-order valence-electron chi connectivity index (χ2n) is 9.01. The smallest absolute Gasteiger partial charge is 0.348 e. The first-order valence-electron chi connectivity index (χ1n) is 11.8. The first kappa shape index (κ1) is 27.0. The van der Waals surface area contributed by atoms with Gasteiger partial charge in [0.15, 0.2) is 0 Å². The van der Waals surface area contributed by atoms with Crippen molar-refractivity contribution in [2.75, 3.05) is 10.8 Å². The number of fused-ring (bicyclic) bond motifs is 1. The molecule has 0 spiro atoms. The van der Waals surface area contributed by atoms with Gasteiger partial charge in [-0.3, -0.25) is 9.10 Å². The van der Waals surface area contributed by atoms with Gasteiger partial charge in [-0.25, -0.2) is 8.42 Å². The number of alkyl halides is 3. The lowest BCUT2D eigenvalue weighted by molar-refractivity contribution is -0.137. The van der Waals surface area contributed by atoms with Crippen LogP contribution in [0.2, 0.25) is 5.02 Å². The molecule has 10 heteroatoms. The minimum atomic E-state index is -4.73. The molecule has 0 radical (unpaired) electrons. The predicted octanol–water partition coefficient (Wildman–Crippen LogP) is 6.31. The summed E-state index contributed by atoms with van der Waals surface area (Å²) in [4.78, 5) is 12.9. The molecule has 196 valence electrons. The molecule has 0 aromatic heterocycles. The van der Waals surface area contributed by atoms with Gasteiger partial charge in [-0.05, 0) is 79.6 Å². The van der Waals surface area contributed by atoms with Crippen molar-refractivity contribution in [3.63, 3.8) is 0 Å². The maximum absolute atomic E-state index is 13.5. The van der Waals surface area contributed by atoms with E-state index in [1.54, 1.807) is 13.0 Å². The Morgan fingerprint density at radius 2 is 1.68 bits per heavy atom. The number of sulfonamides is 1. The molecule has 0 saturated carbocycles. The molecule has 0 bridgehead atoms. The Hall–Kier alpha value is -3.04. The molecule has 1 N–H and O–H groups in total. The van der Waals surface area contributed by atoms with Crippen LogP contribution in [-0.2, 0) is 33.8 Å². The third-order valence-electron chi connectivity index (χ3n) is 6.41. The number of nitrogens with zero attached hydrogens (tertiary/aromatic N) is 1. The Labute approximate surface area is 219 Å². The third kappa shape index (κ3) is 6.10. The van der Waals surface area contributed by atoms with Crippen molar-refractivity contribution in [1.82, 2.24) is 5.32 Å². The third-order valence-corrected chi connectivity index (χ3v) is 8.50.